The second-order valence-corrected chi connectivity index (χ2v) is 9.42. The zero-order valence-corrected chi connectivity index (χ0v) is 19.4. The maximum Gasteiger partial charge on any atom is 0.472 e. The molecule has 0 fully saturated rings. The molecule has 1 N–H and O–H groups in total. The van der Waals surface area contributed by atoms with Gasteiger partial charge in [0, 0.05) is 12.8 Å². The number of quaternary nitrogens is 1. The first-order valence-corrected chi connectivity index (χ1v) is 11.8. The molecule has 0 saturated heterocycles. The predicted molar refractivity (Wildman–Crippen MR) is 116 cm³/mol. The van der Waals surface area contributed by atoms with Crippen LogP contribution >= 0.6 is 7.82 Å². The summed E-state index contributed by atoms with van der Waals surface area (Å²) in [6.45, 7) is 3.81. The maximum absolute atomic E-state index is 12.0. The summed E-state index contributed by atoms with van der Waals surface area (Å²) in [5.74, 6) is -0.886. The van der Waals surface area contributed by atoms with Gasteiger partial charge in [0.15, 0.2) is 6.10 Å². The van der Waals surface area contributed by atoms with Crippen molar-refractivity contribution in [2.24, 2.45) is 0 Å². The van der Waals surface area contributed by atoms with Crippen molar-refractivity contribution in [3.63, 3.8) is 0 Å². The molecule has 0 radical (unpaired) electrons. The topological polar surface area (TPSA) is 108 Å². The number of hydrogen-bond donors (Lipinski definition) is 1. The number of phosphoric acid groups is 1. The van der Waals surface area contributed by atoms with Crippen LogP contribution in [0, 0.1) is 0 Å². The molecule has 180 valence electrons. The molecule has 0 heterocycles. The van der Waals surface area contributed by atoms with Crippen LogP contribution in [0.1, 0.15) is 66.2 Å². The van der Waals surface area contributed by atoms with E-state index in [1.54, 1.807) is 0 Å². The van der Waals surface area contributed by atoms with E-state index in [9.17, 15) is 19.0 Å². The number of nitrogens with zero attached hydrogens (tertiary/aromatic N) is 1. The Bertz CT molecular complexity index is 521. The Hall–Kier alpha value is -0.990. The van der Waals surface area contributed by atoms with Crippen molar-refractivity contribution in [3.05, 3.63) is 0 Å². The van der Waals surface area contributed by atoms with Crippen LogP contribution in [0.2, 0.25) is 0 Å². The molecule has 0 rings (SSSR count). The van der Waals surface area contributed by atoms with Crippen molar-refractivity contribution in [1.82, 2.24) is 0 Å². The number of ether oxygens (including phenoxy) is 2. The average molecular weight is 457 g/mol. The number of carbonyl (C=O) groups is 2. The Kier molecular flexibility index (Phi) is 17.3. The lowest BCUT2D eigenvalue weighted by Crippen LogP contribution is -2.37. The Balaban J connectivity index is 0. The Labute approximate surface area is 182 Å². The first-order chi connectivity index (χ1) is 13.5. The van der Waals surface area contributed by atoms with E-state index in [2.05, 4.69) is 6.92 Å². The average Bonchev–Trinajstić information content (AvgIpc) is 2.60. The van der Waals surface area contributed by atoms with Gasteiger partial charge in [0.2, 0.25) is 0 Å². The van der Waals surface area contributed by atoms with E-state index >= 15 is 0 Å². The molecule has 30 heavy (non-hydrogen) atoms. The van der Waals surface area contributed by atoms with Crippen LogP contribution in [-0.4, -0.2) is 74.9 Å². The number of esters is 2. The van der Waals surface area contributed by atoms with Crippen LogP contribution < -0.4 is 0 Å². The summed E-state index contributed by atoms with van der Waals surface area (Å²) in [4.78, 5) is 33.4. The first kappa shape index (κ1) is 31.2. The Morgan fingerprint density at radius 1 is 0.933 bits per heavy atom. The monoisotopic (exact) mass is 456 g/mol. The molecule has 2 atom stereocenters. The molecule has 0 bridgehead atoms. The maximum atomic E-state index is 12.0. The fourth-order valence-corrected chi connectivity index (χ4v) is 2.91. The molecular weight excluding hydrogens is 413 g/mol. The molecule has 0 aromatic rings. The molecule has 0 aliphatic rings. The number of phosphoric ester groups is 1. The van der Waals surface area contributed by atoms with Gasteiger partial charge in [-0.3, -0.25) is 18.6 Å². The summed E-state index contributed by atoms with van der Waals surface area (Å²) in [7, 11) is 1.46. The van der Waals surface area contributed by atoms with Gasteiger partial charge in [-0.25, -0.2) is 4.57 Å². The van der Waals surface area contributed by atoms with Crippen molar-refractivity contribution < 1.29 is 42.1 Å². The molecule has 0 spiro atoms. The fourth-order valence-electron chi connectivity index (χ4n) is 2.16. The highest BCUT2D eigenvalue weighted by atomic mass is 31.2. The van der Waals surface area contributed by atoms with Gasteiger partial charge in [-0.05, 0) is 12.8 Å². The Morgan fingerprint density at radius 2 is 1.60 bits per heavy atom. The molecule has 0 saturated carbocycles. The third-order valence-electron chi connectivity index (χ3n) is 3.86. The Morgan fingerprint density at radius 3 is 2.17 bits per heavy atom. The van der Waals surface area contributed by atoms with Gasteiger partial charge in [0.1, 0.15) is 19.8 Å². The zero-order chi connectivity index (χ0) is 22.3. The van der Waals surface area contributed by atoms with E-state index in [-0.39, 0.29) is 33.5 Å². The zero-order valence-electron chi connectivity index (χ0n) is 18.6. The fraction of sp³-hybridized carbons (Fsp3) is 0.900. The van der Waals surface area contributed by atoms with Crippen LogP contribution in [0.4, 0.5) is 0 Å². The van der Waals surface area contributed by atoms with Crippen molar-refractivity contribution >= 4 is 19.8 Å². The lowest BCUT2D eigenvalue weighted by atomic mass is 10.2. The summed E-state index contributed by atoms with van der Waals surface area (Å²) >= 11 is 0. The summed E-state index contributed by atoms with van der Waals surface area (Å²) < 4.78 is 32.8. The third-order valence-corrected chi connectivity index (χ3v) is 4.84. The predicted octanol–water partition coefficient (Wildman–Crippen LogP) is 3.69. The van der Waals surface area contributed by atoms with E-state index < -0.39 is 32.5 Å². The highest BCUT2D eigenvalue weighted by Crippen LogP contribution is 2.43. The summed E-state index contributed by atoms with van der Waals surface area (Å²) in [6, 6.07) is 0. The lowest BCUT2D eigenvalue weighted by Gasteiger charge is -2.24. The smallest absolute Gasteiger partial charge is 0.462 e. The van der Waals surface area contributed by atoms with Crippen LogP contribution in [-0.2, 0) is 32.7 Å². The molecule has 9 nitrogen and oxygen atoms in total. The van der Waals surface area contributed by atoms with Crippen LogP contribution in [0.5, 0.6) is 0 Å². The quantitative estimate of drug-likeness (QED) is 0.153. The van der Waals surface area contributed by atoms with Gasteiger partial charge >= 0.3 is 19.8 Å². The SMILES string of the molecule is C.CCCCCCC(=O)OC[C@H](COP(=O)(O)OCC[N+](C)(C)C)OC(=O)CCC. The number of unbranched alkanes of at least 4 members (excludes halogenated alkanes) is 3. The number of rotatable bonds is 17. The third kappa shape index (κ3) is 19.0. The highest BCUT2D eigenvalue weighted by molar-refractivity contribution is 7.47. The minimum atomic E-state index is -4.31. The van der Waals surface area contributed by atoms with Gasteiger partial charge in [0.25, 0.3) is 0 Å². The van der Waals surface area contributed by atoms with Crippen LogP contribution in [0.3, 0.4) is 0 Å². The van der Waals surface area contributed by atoms with E-state index in [0.717, 1.165) is 25.7 Å². The summed E-state index contributed by atoms with van der Waals surface area (Å²) in [5.41, 5.74) is 0. The second kappa shape index (κ2) is 16.7. The molecule has 0 aliphatic carbocycles. The van der Waals surface area contributed by atoms with E-state index in [0.29, 0.717) is 17.4 Å². The van der Waals surface area contributed by atoms with E-state index in [4.69, 9.17) is 18.5 Å². The second-order valence-electron chi connectivity index (χ2n) is 7.97. The number of carbonyl (C=O) groups excluding carboxylic acids is 2. The minimum Gasteiger partial charge on any atom is -0.462 e. The molecule has 1 unspecified atom stereocenters. The van der Waals surface area contributed by atoms with Gasteiger partial charge in [0.05, 0.1) is 27.7 Å². The van der Waals surface area contributed by atoms with Crippen LogP contribution in [0.25, 0.3) is 0 Å². The van der Waals surface area contributed by atoms with Gasteiger partial charge < -0.3 is 18.9 Å². The molecule has 0 aromatic carbocycles. The number of likely N-dealkylation sites (N-methyl/N-ethyl adjacent to an activating group) is 1. The highest BCUT2D eigenvalue weighted by Gasteiger charge is 2.26. The van der Waals surface area contributed by atoms with Crippen molar-refractivity contribution in [1.29, 1.82) is 0 Å². The largest absolute Gasteiger partial charge is 0.472 e. The van der Waals surface area contributed by atoms with Crippen molar-refractivity contribution in [3.8, 4) is 0 Å². The van der Waals surface area contributed by atoms with E-state index in [1.165, 1.54) is 0 Å². The lowest BCUT2D eigenvalue weighted by molar-refractivity contribution is -0.870. The van der Waals surface area contributed by atoms with Crippen molar-refractivity contribution in [2.75, 3.05) is 47.5 Å². The summed E-state index contributed by atoms with van der Waals surface area (Å²) in [5, 5.41) is 0. The van der Waals surface area contributed by atoms with Gasteiger partial charge in [-0.1, -0.05) is 40.5 Å². The molecular formula is C20H43NO8P+. The standard InChI is InChI=1S/C19H38NO8P.CH4/c1-6-8-9-10-12-18(21)25-15-17(28-19(22)11-7-2)16-27-29(23,24)26-14-13-20(3,4)5;/h17H,6-16H2,1-5H3;1H4/p+1/t17-;/m1./s1. The summed E-state index contributed by atoms with van der Waals surface area (Å²) in [6.07, 6.45) is 3.89. The van der Waals surface area contributed by atoms with Gasteiger partial charge in [-0.15, -0.1) is 0 Å². The molecule has 0 aliphatic heterocycles. The normalized spacial score (nSPS) is 14.3. The molecule has 10 heteroatoms. The van der Waals surface area contributed by atoms with Crippen molar-refractivity contribution in [2.45, 2.75) is 72.3 Å². The van der Waals surface area contributed by atoms with Crippen LogP contribution in [0.15, 0.2) is 0 Å². The molecule has 0 aromatic heterocycles. The van der Waals surface area contributed by atoms with E-state index in [1.807, 2.05) is 28.1 Å². The minimum absolute atomic E-state index is 0. The first-order valence-electron chi connectivity index (χ1n) is 10.3. The molecule has 0 amide bonds. The number of hydrogen-bond acceptors (Lipinski definition) is 7. The van der Waals surface area contributed by atoms with Gasteiger partial charge in [-0.2, -0.15) is 0 Å².